The zero-order valence-corrected chi connectivity index (χ0v) is 14.7. The zero-order chi connectivity index (χ0) is 18.4. The molecule has 2 amide bonds. The molecule has 0 heterocycles. The molecule has 0 saturated carbocycles. The van der Waals surface area contributed by atoms with Crippen LogP contribution in [0.2, 0.25) is 0 Å². The maximum Gasteiger partial charge on any atom is 0.255 e. The van der Waals surface area contributed by atoms with Crippen LogP contribution < -0.4 is 10.6 Å². The molecule has 0 bridgehead atoms. The third kappa shape index (κ3) is 5.16. The van der Waals surface area contributed by atoms with E-state index in [2.05, 4.69) is 10.6 Å². The van der Waals surface area contributed by atoms with Crippen LogP contribution in [0.25, 0.3) is 0 Å². The van der Waals surface area contributed by atoms with Gasteiger partial charge in [0.2, 0.25) is 0 Å². The van der Waals surface area contributed by atoms with Crippen molar-refractivity contribution in [2.75, 3.05) is 11.9 Å². The highest BCUT2D eigenvalue weighted by atomic mass is 16.3. The molecule has 5 heteroatoms. The van der Waals surface area contributed by atoms with Gasteiger partial charge in [-0.1, -0.05) is 32.0 Å². The fraction of sp³-hybridized carbons (Fsp3) is 0.300. The number of carbonyl (C=O) groups excluding carboxylic acids is 2. The van der Waals surface area contributed by atoms with Crippen LogP contribution in [-0.4, -0.2) is 29.1 Å². The van der Waals surface area contributed by atoms with E-state index in [0.717, 1.165) is 0 Å². The zero-order valence-electron chi connectivity index (χ0n) is 14.7. The summed E-state index contributed by atoms with van der Waals surface area (Å²) in [6.45, 7) is 5.67. The average molecular weight is 340 g/mol. The first kappa shape index (κ1) is 18.7. The second kappa shape index (κ2) is 7.94. The van der Waals surface area contributed by atoms with Crippen molar-refractivity contribution < 1.29 is 14.7 Å². The Labute approximate surface area is 148 Å². The summed E-state index contributed by atoms with van der Waals surface area (Å²) < 4.78 is 0. The minimum absolute atomic E-state index is 0.0309. The predicted octanol–water partition coefficient (Wildman–Crippen LogP) is 3.08. The van der Waals surface area contributed by atoms with Crippen molar-refractivity contribution in [1.82, 2.24) is 5.32 Å². The summed E-state index contributed by atoms with van der Waals surface area (Å²) in [4.78, 5) is 24.3. The fourth-order valence-electron chi connectivity index (χ4n) is 2.06. The first-order valence-electron chi connectivity index (χ1n) is 8.26. The SMILES string of the molecule is CC(C)C(C)(O)CNC(=O)c1ccc(NC(=O)c2ccccc2)cc1. The first-order valence-corrected chi connectivity index (χ1v) is 8.26. The van der Waals surface area contributed by atoms with Crippen LogP contribution in [0, 0.1) is 5.92 Å². The van der Waals surface area contributed by atoms with E-state index in [1.807, 2.05) is 19.9 Å². The number of hydrogen-bond acceptors (Lipinski definition) is 3. The summed E-state index contributed by atoms with van der Waals surface area (Å²) >= 11 is 0. The molecule has 0 aliphatic carbocycles. The van der Waals surface area contributed by atoms with Gasteiger partial charge in [-0.25, -0.2) is 0 Å². The fourth-order valence-corrected chi connectivity index (χ4v) is 2.06. The number of carbonyl (C=O) groups is 2. The molecule has 0 radical (unpaired) electrons. The van der Waals surface area contributed by atoms with Crippen molar-refractivity contribution in [3.8, 4) is 0 Å². The van der Waals surface area contributed by atoms with Gasteiger partial charge in [-0.2, -0.15) is 0 Å². The topological polar surface area (TPSA) is 78.4 Å². The van der Waals surface area contributed by atoms with Crippen molar-refractivity contribution in [1.29, 1.82) is 0 Å². The molecule has 2 aromatic carbocycles. The molecule has 0 spiro atoms. The van der Waals surface area contributed by atoms with Crippen LogP contribution in [-0.2, 0) is 0 Å². The molecule has 0 aromatic heterocycles. The van der Waals surface area contributed by atoms with Crippen LogP contribution >= 0.6 is 0 Å². The van der Waals surface area contributed by atoms with Gasteiger partial charge in [-0.3, -0.25) is 9.59 Å². The van der Waals surface area contributed by atoms with Crippen molar-refractivity contribution in [2.45, 2.75) is 26.4 Å². The molecule has 2 rings (SSSR count). The number of hydrogen-bond donors (Lipinski definition) is 3. The number of aliphatic hydroxyl groups is 1. The predicted molar refractivity (Wildman–Crippen MR) is 98.6 cm³/mol. The van der Waals surface area contributed by atoms with E-state index in [9.17, 15) is 14.7 Å². The molecule has 2 aromatic rings. The molecule has 0 saturated heterocycles. The summed E-state index contributed by atoms with van der Waals surface area (Å²) in [5.41, 5.74) is 0.691. The monoisotopic (exact) mass is 340 g/mol. The van der Waals surface area contributed by atoms with E-state index < -0.39 is 5.60 Å². The van der Waals surface area contributed by atoms with Gasteiger partial charge in [0.15, 0.2) is 0 Å². The van der Waals surface area contributed by atoms with Crippen molar-refractivity contribution in [3.05, 3.63) is 65.7 Å². The number of anilines is 1. The van der Waals surface area contributed by atoms with Crippen LogP contribution in [0.15, 0.2) is 54.6 Å². The largest absolute Gasteiger partial charge is 0.388 e. The highest BCUT2D eigenvalue weighted by Crippen LogP contribution is 2.15. The Bertz CT molecular complexity index is 722. The Morgan fingerprint density at radius 2 is 1.52 bits per heavy atom. The maximum absolute atomic E-state index is 12.2. The maximum atomic E-state index is 12.2. The highest BCUT2D eigenvalue weighted by molar-refractivity contribution is 6.04. The smallest absolute Gasteiger partial charge is 0.255 e. The molecule has 1 unspecified atom stereocenters. The molecular formula is C20H24N2O3. The Balaban J connectivity index is 1.95. The van der Waals surface area contributed by atoms with E-state index >= 15 is 0 Å². The van der Waals surface area contributed by atoms with Crippen LogP contribution in [0.3, 0.4) is 0 Å². The van der Waals surface area contributed by atoms with Crippen molar-refractivity contribution in [3.63, 3.8) is 0 Å². The van der Waals surface area contributed by atoms with Gasteiger partial charge in [0.05, 0.1) is 5.60 Å². The summed E-state index contributed by atoms with van der Waals surface area (Å²) in [5, 5.41) is 15.7. The van der Waals surface area contributed by atoms with Gasteiger partial charge in [0, 0.05) is 23.4 Å². The van der Waals surface area contributed by atoms with Crippen molar-refractivity contribution >= 4 is 17.5 Å². The van der Waals surface area contributed by atoms with Gasteiger partial charge in [-0.15, -0.1) is 0 Å². The van der Waals surface area contributed by atoms with E-state index in [1.54, 1.807) is 55.5 Å². The standard InChI is InChI=1S/C20H24N2O3/c1-14(2)20(3,25)13-21-18(23)16-9-11-17(12-10-16)22-19(24)15-7-5-4-6-8-15/h4-12,14,25H,13H2,1-3H3,(H,21,23)(H,22,24). The lowest BCUT2D eigenvalue weighted by Gasteiger charge is -2.27. The number of rotatable bonds is 6. The van der Waals surface area contributed by atoms with E-state index in [0.29, 0.717) is 16.8 Å². The highest BCUT2D eigenvalue weighted by Gasteiger charge is 2.25. The number of benzene rings is 2. The normalized spacial score (nSPS) is 13.2. The van der Waals surface area contributed by atoms with Crippen LogP contribution in [0.1, 0.15) is 41.5 Å². The Morgan fingerprint density at radius 1 is 0.960 bits per heavy atom. The minimum Gasteiger partial charge on any atom is -0.388 e. The van der Waals surface area contributed by atoms with Crippen molar-refractivity contribution in [2.24, 2.45) is 5.92 Å². The lowest BCUT2D eigenvalue weighted by atomic mass is 9.92. The molecule has 0 fully saturated rings. The van der Waals surface area contributed by atoms with E-state index in [-0.39, 0.29) is 24.3 Å². The first-order chi connectivity index (χ1) is 11.8. The molecule has 0 aliphatic heterocycles. The van der Waals surface area contributed by atoms with E-state index in [1.165, 1.54) is 0 Å². The molecule has 3 N–H and O–H groups in total. The number of amides is 2. The summed E-state index contributed by atoms with van der Waals surface area (Å²) in [6.07, 6.45) is 0. The molecule has 132 valence electrons. The van der Waals surface area contributed by atoms with Gasteiger partial charge in [0.1, 0.15) is 0 Å². The summed E-state index contributed by atoms with van der Waals surface area (Å²) in [7, 11) is 0. The molecular weight excluding hydrogens is 316 g/mol. The second-order valence-corrected chi connectivity index (χ2v) is 6.59. The van der Waals surface area contributed by atoms with Crippen LogP contribution in [0.5, 0.6) is 0 Å². The lowest BCUT2D eigenvalue weighted by molar-refractivity contribution is 0.0142. The Kier molecular flexibility index (Phi) is 5.93. The average Bonchev–Trinajstić information content (AvgIpc) is 2.61. The summed E-state index contributed by atoms with van der Waals surface area (Å²) in [6, 6.07) is 15.5. The third-order valence-corrected chi connectivity index (χ3v) is 4.29. The third-order valence-electron chi connectivity index (χ3n) is 4.29. The van der Waals surface area contributed by atoms with Gasteiger partial charge < -0.3 is 15.7 Å². The molecule has 5 nitrogen and oxygen atoms in total. The quantitative estimate of drug-likeness (QED) is 0.756. The van der Waals surface area contributed by atoms with Gasteiger partial charge >= 0.3 is 0 Å². The molecule has 25 heavy (non-hydrogen) atoms. The van der Waals surface area contributed by atoms with Gasteiger partial charge in [-0.05, 0) is 49.2 Å². The molecule has 1 atom stereocenters. The molecule has 0 aliphatic rings. The van der Waals surface area contributed by atoms with E-state index in [4.69, 9.17) is 0 Å². The Morgan fingerprint density at radius 3 is 2.08 bits per heavy atom. The lowest BCUT2D eigenvalue weighted by Crippen LogP contribution is -2.44. The minimum atomic E-state index is -0.959. The second-order valence-electron chi connectivity index (χ2n) is 6.59. The number of nitrogens with one attached hydrogen (secondary N) is 2. The summed E-state index contributed by atoms with van der Waals surface area (Å²) in [5.74, 6) is -0.434. The Hall–Kier alpha value is -2.66. The van der Waals surface area contributed by atoms with Crippen LogP contribution in [0.4, 0.5) is 5.69 Å². The van der Waals surface area contributed by atoms with Gasteiger partial charge in [0.25, 0.3) is 11.8 Å².